The van der Waals surface area contributed by atoms with Crippen LogP contribution in [0.5, 0.6) is 0 Å². The third-order valence-corrected chi connectivity index (χ3v) is 2.33. The van der Waals surface area contributed by atoms with Gasteiger partial charge in [-0.15, -0.1) is 0 Å². The molecule has 0 aliphatic carbocycles. The molecule has 0 atom stereocenters. The van der Waals surface area contributed by atoms with Crippen molar-refractivity contribution in [3.63, 3.8) is 0 Å². The second-order valence-electron chi connectivity index (χ2n) is 3.90. The van der Waals surface area contributed by atoms with Crippen molar-refractivity contribution in [1.29, 1.82) is 5.26 Å². The monoisotopic (exact) mass is 225 g/mol. The lowest BCUT2D eigenvalue weighted by Gasteiger charge is -2.00. The minimum Gasteiger partial charge on any atom is -0.364 e. The maximum atomic E-state index is 9.08. The lowest BCUT2D eigenvalue weighted by Crippen LogP contribution is -2.34. The number of pyridine rings is 1. The molecule has 0 fully saturated rings. The molecule has 2 aromatic rings. The van der Waals surface area contributed by atoms with Crippen molar-refractivity contribution < 1.29 is 4.68 Å². The van der Waals surface area contributed by atoms with Crippen molar-refractivity contribution in [2.75, 3.05) is 14.1 Å². The van der Waals surface area contributed by atoms with E-state index in [1.807, 2.05) is 49.3 Å². The van der Waals surface area contributed by atoms with Crippen LogP contribution >= 0.6 is 0 Å². The van der Waals surface area contributed by atoms with E-state index in [9.17, 15) is 0 Å². The van der Waals surface area contributed by atoms with Gasteiger partial charge in [0.1, 0.15) is 0 Å². The van der Waals surface area contributed by atoms with Crippen LogP contribution in [0.25, 0.3) is 10.9 Å². The first-order valence-electron chi connectivity index (χ1n) is 5.27. The lowest BCUT2D eigenvalue weighted by atomic mass is 10.2. The fraction of sp³-hybridized carbons (Fsp3) is 0.154. The van der Waals surface area contributed by atoms with Gasteiger partial charge < -0.3 is 4.90 Å². The Morgan fingerprint density at radius 1 is 1.24 bits per heavy atom. The summed E-state index contributed by atoms with van der Waals surface area (Å²) >= 11 is 0. The van der Waals surface area contributed by atoms with Gasteiger partial charge in [0.25, 0.3) is 0 Å². The first kappa shape index (κ1) is 11.1. The molecule has 0 bridgehead atoms. The second-order valence-corrected chi connectivity index (χ2v) is 3.90. The smallest absolute Gasteiger partial charge is 0.315 e. The summed E-state index contributed by atoms with van der Waals surface area (Å²) in [7, 11) is 3.78. The van der Waals surface area contributed by atoms with Gasteiger partial charge in [-0.1, -0.05) is 12.1 Å². The highest BCUT2D eigenvalue weighted by Crippen LogP contribution is 2.09. The van der Waals surface area contributed by atoms with Gasteiger partial charge in [-0.25, -0.2) is 0 Å². The maximum Gasteiger partial charge on any atom is 0.315 e. The highest BCUT2D eigenvalue weighted by molar-refractivity contribution is 5.75. The van der Waals surface area contributed by atoms with Gasteiger partial charge in [0, 0.05) is 36.7 Å². The second kappa shape index (κ2) is 4.62. The van der Waals surface area contributed by atoms with Crippen LogP contribution in [0.4, 0.5) is 0 Å². The lowest BCUT2D eigenvalue weighted by molar-refractivity contribution is -0.654. The predicted octanol–water partition coefficient (Wildman–Crippen LogP) is 1.35. The molecule has 0 radical (unpaired) electrons. The third-order valence-electron chi connectivity index (χ3n) is 2.33. The zero-order valence-electron chi connectivity index (χ0n) is 9.83. The molecule has 0 aliphatic heterocycles. The molecule has 0 spiro atoms. The molecule has 1 heterocycles. The predicted molar refractivity (Wildman–Crippen MR) is 66.4 cm³/mol. The minimum absolute atomic E-state index is 0.516. The van der Waals surface area contributed by atoms with Crippen LogP contribution in [0.2, 0.25) is 0 Å². The van der Waals surface area contributed by atoms with Crippen molar-refractivity contribution in [2.45, 2.75) is 0 Å². The summed E-state index contributed by atoms with van der Waals surface area (Å²) in [5.74, 6) is 0. The molecule has 4 nitrogen and oxygen atoms in total. The fourth-order valence-electron chi connectivity index (χ4n) is 1.55. The molecule has 1 aromatic heterocycles. The van der Waals surface area contributed by atoms with Gasteiger partial charge >= 0.3 is 5.69 Å². The molecule has 4 heteroatoms. The van der Waals surface area contributed by atoms with Gasteiger partial charge in [-0.3, -0.25) is 0 Å². The van der Waals surface area contributed by atoms with Crippen LogP contribution in [0.15, 0.2) is 41.5 Å². The minimum atomic E-state index is 0.516. The number of nitriles is 1. The average molecular weight is 225 g/mol. The number of benzene rings is 1. The van der Waals surface area contributed by atoms with E-state index in [0.717, 1.165) is 10.9 Å². The normalized spacial score (nSPS) is 10.6. The SMILES string of the molecule is CN(C)/C=N/[n+]1c(C#N)ccc2ccccc21. The third kappa shape index (κ3) is 2.23. The number of rotatable bonds is 2. The summed E-state index contributed by atoms with van der Waals surface area (Å²) in [5.41, 5.74) is 1.44. The quantitative estimate of drug-likeness (QED) is 0.440. The maximum absolute atomic E-state index is 9.08. The van der Waals surface area contributed by atoms with E-state index in [1.165, 1.54) is 0 Å². The van der Waals surface area contributed by atoms with Crippen molar-refractivity contribution in [2.24, 2.45) is 5.10 Å². The Bertz CT molecular complexity index is 608. The molecule has 0 N–H and O–H groups in total. The van der Waals surface area contributed by atoms with E-state index in [-0.39, 0.29) is 0 Å². The average Bonchev–Trinajstić information content (AvgIpc) is 2.35. The molecule has 0 unspecified atom stereocenters. The zero-order valence-corrected chi connectivity index (χ0v) is 9.83. The molecule has 1 aromatic carbocycles. The van der Waals surface area contributed by atoms with Gasteiger partial charge in [0.05, 0.1) is 0 Å². The van der Waals surface area contributed by atoms with Gasteiger partial charge in [0.15, 0.2) is 12.4 Å². The van der Waals surface area contributed by atoms with E-state index in [0.29, 0.717) is 5.69 Å². The van der Waals surface area contributed by atoms with Crippen LogP contribution in [0.3, 0.4) is 0 Å². The van der Waals surface area contributed by atoms with E-state index >= 15 is 0 Å². The van der Waals surface area contributed by atoms with Crippen molar-refractivity contribution in [1.82, 2.24) is 4.90 Å². The highest BCUT2D eigenvalue weighted by atomic mass is 15.4. The molecule has 17 heavy (non-hydrogen) atoms. The Morgan fingerprint density at radius 3 is 2.71 bits per heavy atom. The molecule has 0 aliphatic rings. The van der Waals surface area contributed by atoms with Crippen molar-refractivity contribution in [3.05, 3.63) is 42.1 Å². The van der Waals surface area contributed by atoms with Crippen LogP contribution in [0.1, 0.15) is 5.69 Å². The summed E-state index contributed by atoms with van der Waals surface area (Å²) in [4.78, 5) is 1.83. The summed E-state index contributed by atoms with van der Waals surface area (Å²) in [5, 5.41) is 14.4. The molecule has 2 rings (SSSR count). The standard InChI is InChI=1S/C13H13N4/c1-16(2)10-15-17-12(9-14)8-7-11-5-3-4-6-13(11)17/h3-8,10H,1-2H3/q+1/b15-10+. The Morgan fingerprint density at radius 2 is 2.00 bits per heavy atom. The van der Waals surface area contributed by atoms with Crippen LogP contribution in [0, 0.1) is 11.3 Å². The van der Waals surface area contributed by atoms with E-state index in [4.69, 9.17) is 5.26 Å². The molecule has 0 saturated carbocycles. The Labute approximate surface area is 100 Å². The Kier molecular flexibility index (Phi) is 3.01. The van der Waals surface area contributed by atoms with Crippen LogP contribution in [-0.4, -0.2) is 25.3 Å². The van der Waals surface area contributed by atoms with Crippen LogP contribution in [-0.2, 0) is 0 Å². The molecule has 84 valence electrons. The van der Waals surface area contributed by atoms with Gasteiger partial charge in [-0.05, 0) is 16.8 Å². The summed E-state index contributed by atoms with van der Waals surface area (Å²) < 4.78 is 1.65. The number of fused-ring (bicyclic) bond motifs is 1. The van der Waals surface area contributed by atoms with Crippen molar-refractivity contribution >= 4 is 17.2 Å². The first-order valence-corrected chi connectivity index (χ1v) is 5.27. The topological polar surface area (TPSA) is 43.3 Å². The fourth-order valence-corrected chi connectivity index (χ4v) is 1.55. The highest BCUT2D eigenvalue weighted by Gasteiger charge is 2.14. The largest absolute Gasteiger partial charge is 0.364 e. The Balaban J connectivity index is 2.68. The summed E-state index contributed by atoms with van der Waals surface area (Å²) in [6.07, 6.45) is 1.67. The Hall–Kier alpha value is -2.41. The molecular weight excluding hydrogens is 212 g/mol. The van der Waals surface area contributed by atoms with E-state index in [1.54, 1.807) is 17.1 Å². The molecular formula is C13H13N4+. The molecule has 0 amide bonds. The van der Waals surface area contributed by atoms with Crippen molar-refractivity contribution in [3.8, 4) is 6.07 Å². The molecule has 0 saturated heterocycles. The first-order chi connectivity index (χ1) is 8.22. The number of para-hydroxylation sites is 1. The summed E-state index contributed by atoms with van der Waals surface area (Å²) in [6.45, 7) is 0. The number of hydrogen-bond donors (Lipinski definition) is 0. The number of aromatic nitrogens is 1. The van der Waals surface area contributed by atoms with Gasteiger partial charge in [-0.2, -0.15) is 5.26 Å². The van der Waals surface area contributed by atoms with E-state index in [2.05, 4.69) is 11.2 Å². The summed E-state index contributed by atoms with van der Waals surface area (Å²) in [6, 6.07) is 13.7. The number of hydrogen-bond acceptors (Lipinski definition) is 2. The number of nitrogens with zero attached hydrogens (tertiary/aromatic N) is 4. The zero-order chi connectivity index (χ0) is 12.3. The van der Waals surface area contributed by atoms with Gasteiger partial charge in [0.2, 0.25) is 5.52 Å². The van der Waals surface area contributed by atoms with E-state index < -0.39 is 0 Å². The van der Waals surface area contributed by atoms with Crippen LogP contribution < -0.4 is 4.68 Å².